The second-order valence-electron chi connectivity index (χ2n) is 2.27. The van der Waals surface area contributed by atoms with Crippen LogP contribution in [-0.4, -0.2) is 5.78 Å². The first-order valence-corrected chi connectivity index (χ1v) is 3.46. The van der Waals surface area contributed by atoms with Crippen molar-refractivity contribution < 1.29 is 4.79 Å². The Morgan fingerprint density at radius 1 is 1.31 bits per heavy atom. The van der Waals surface area contributed by atoms with Crippen LogP contribution in [0.2, 0.25) is 0 Å². The van der Waals surface area contributed by atoms with E-state index in [1.165, 1.54) is 11.8 Å². The zero-order valence-corrected chi connectivity index (χ0v) is 7.14. The number of benzene rings is 1. The fourth-order valence-electron chi connectivity index (χ4n) is 0.718. The number of rotatable bonds is 1. The number of nitrogen functional groups attached to an aromatic ring is 1. The Labute approximate surface area is 75.6 Å². The highest BCUT2D eigenvalue weighted by Gasteiger charge is 1.95. The SMILES string of the molecule is CC(=O)c1ccc(N)cc1.[N-]=[N+]=[N-]. The van der Waals surface area contributed by atoms with Crippen molar-refractivity contribution in [1.82, 2.24) is 0 Å². The molecule has 13 heavy (non-hydrogen) atoms. The molecule has 0 aliphatic carbocycles. The van der Waals surface area contributed by atoms with Crippen LogP contribution in [0.1, 0.15) is 17.3 Å². The summed E-state index contributed by atoms with van der Waals surface area (Å²) in [5.41, 5.74) is 20.3. The van der Waals surface area contributed by atoms with Crippen LogP contribution in [0.25, 0.3) is 16.0 Å². The van der Waals surface area contributed by atoms with Crippen LogP contribution in [0.4, 0.5) is 5.69 Å². The average Bonchev–Trinajstić information content (AvgIpc) is 2.06. The molecule has 68 valence electrons. The molecule has 0 aliphatic heterocycles. The first-order chi connectivity index (χ1) is 6.11. The van der Waals surface area contributed by atoms with Gasteiger partial charge in [0.15, 0.2) is 5.78 Å². The number of carbonyl (C=O) groups excluding carboxylic acids is 1. The van der Waals surface area contributed by atoms with Crippen LogP contribution < -0.4 is 5.73 Å². The van der Waals surface area contributed by atoms with Gasteiger partial charge in [0.2, 0.25) is 0 Å². The molecule has 1 rings (SSSR count). The second-order valence-corrected chi connectivity index (χ2v) is 2.27. The molecule has 0 aliphatic rings. The lowest BCUT2D eigenvalue weighted by atomic mass is 10.1. The standard InChI is InChI=1S/C8H9NO.N3/c1-6(10)7-2-4-8(9)5-3-7;1-3-2/h2-5H,9H2,1H3;/q;-1. The quantitative estimate of drug-likeness (QED) is 0.234. The number of carbonyl (C=O) groups is 1. The van der Waals surface area contributed by atoms with Crippen molar-refractivity contribution in [2.75, 3.05) is 5.73 Å². The Kier molecular flexibility index (Phi) is 4.76. The highest BCUT2D eigenvalue weighted by molar-refractivity contribution is 5.94. The summed E-state index contributed by atoms with van der Waals surface area (Å²) < 4.78 is 0. The molecule has 0 fully saturated rings. The highest BCUT2D eigenvalue weighted by Crippen LogP contribution is 2.05. The Bertz CT molecular complexity index is 311. The lowest BCUT2D eigenvalue weighted by Gasteiger charge is -1.94. The number of hydrogen-bond acceptors (Lipinski definition) is 2. The number of nitrogens with zero attached hydrogens (tertiary/aromatic N) is 3. The molecule has 0 radical (unpaired) electrons. The monoisotopic (exact) mass is 177 g/mol. The van der Waals surface area contributed by atoms with Gasteiger partial charge in [-0.05, 0) is 31.2 Å². The minimum Gasteiger partial charge on any atom is -0.399 e. The lowest BCUT2D eigenvalue weighted by Crippen LogP contribution is -1.91. The van der Waals surface area contributed by atoms with E-state index < -0.39 is 0 Å². The van der Waals surface area contributed by atoms with Crippen molar-refractivity contribution in [2.45, 2.75) is 6.92 Å². The van der Waals surface area contributed by atoms with Gasteiger partial charge in [-0.1, -0.05) is 0 Å². The zero-order chi connectivity index (χ0) is 10.3. The van der Waals surface area contributed by atoms with E-state index in [9.17, 15) is 4.79 Å². The predicted octanol–water partition coefficient (Wildman–Crippen LogP) is 2.34. The van der Waals surface area contributed by atoms with Crippen molar-refractivity contribution in [1.29, 1.82) is 0 Å². The maximum Gasteiger partial charge on any atom is 0.159 e. The van der Waals surface area contributed by atoms with E-state index in [4.69, 9.17) is 16.8 Å². The fraction of sp³-hybridized carbons (Fsp3) is 0.125. The minimum absolute atomic E-state index is 0.0694. The molecule has 1 aromatic rings. The maximum absolute atomic E-state index is 10.7. The van der Waals surface area contributed by atoms with E-state index in [1.54, 1.807) is 24.3 Å². The van der Waals surface area contributed by atoms with E-state index in [0.717, 1.165) is 0 Å². The molecule has 0 spiro atoms. The van der Waals surface area contributed by atoms with Gasteiger partial charge in [0.25, 0.3) is 0 Å². The smallest absolute Gasteiger partial charge is 0.159 e. The molecule has 0 atom stereocenters. The topological polar surface area (TPSA) is 102 Å². The van der Waals surface area contributed by atoms with E-state index in [1.807, 2.05) is 0 Å². The van der Waals surface area contributed by atoms with Crippen LogP contribution in [0.3, 0.4) is 0 Å². The lowest BCUT2D eigenvalue weighted by molar-refractivity contribution is 0.101. The molecule has 5 nitrogen and oxygen atoms in total. The van der Waals surface area contributed by atoms with Crippen LogP contribution >= 0.6 is 0 Å². The molecule has 0 bridgehead atoms. The highest BCUT2D eigenvalue weighted by atomic mass is 16.1. The summed E-state index contributed by atoms with van der Waals surface area (Å²) in [7, 11) is 0. The van der Waals surface area contributed by atoms with E-state index >= 15 is 0 Å². The number of nitrogens with two attached hydrogens (primary N) is 1. The van der Waals surface area contributed by atoms with Crippen LogP contribution in [-0.2, 0) is 0 Å². The molecule has 0 aromatic heterocycles. The summed E-state index contributed by atoms with van der Waals surface area (Å²) in [5, 5.41) is 0. The van der Waals surface area contributed by atoms with Crippen molar-refractivity contribution in [2.24, 2.45) is 0 Å². The summed E-state index contributed by atoms with van der Waals surface area (Å²) in [4.78, 5) is 12.2. The fourth-order valence-corrected chi connectivity index (χ4v) is 0.718. The normalized spacial score (nSPS) is 7.77. The third-order valence-corrected chi connectivity index (χ3v) is 1.32. The Balaban J connectivity index is 0.000000424. The molecule has 5 heteroatoms. The maximum atomic E-state index is 10.7. The third-order valence-electron chi connectivity index (χ3n) is 1.32. The molecule has 0 amide bonds. The summed E-state index contributed by atoms with van der Waals surface area (Å²) in [6.45, 7) is 1.53. The molecule has 0 heterocycles. The number of ketones is 1. The average molecular weight is 177 g/mol. The van der Waals surface area contributed by atoms with Gasteiger partial charge in [0.05, 0.1) is 0 Å². The summed E-state index contributed by atoms with van der Waals surface area (Å²) >= 11 is 0. The third kappa shape index (κ3) is 4.44. The van der Waals surface area contributed by atoms with Gasteiger partial charge in [-0.15, -0.1) is 0 Å². The Hall–Kier alpha value is -2.00. The van der Waals surface area contributed by atoms with Crippen LogP contribution in [0, 0.1) is 0 Å². The molecular weight excluding hydrogens is 168 g/mol. The second kappa shape index (κ2) is 5.62. The summed E-state index contributed by atoms with van der Waals surface area (Å²) in [6, 6.07) is 6.88. The molecule has 1 aromatic carbocycles. The van der Waals surface area contributed by atoms with Gasteiger partial charge >= 0.3 is 0 Å². The predicted molar refractivity (Wildman–Crippen MR) is 50.9 cm³/mol. The minimum atomic E-state index is 0.0694. The van der Waals surface area contributed by atoms with Crippen molar-refractivity contribution in [3.8, 4) is 0 Å². The molecule has 0 saturated heterocycles. The summed E-state index contributed by atoms with van der Waals surface area (Å²) in [5.74, 6) is 0.0694. The van der Waals surface area contributed by atoms with Crippen molar-refractivity contribution >= 4 is 11.5 Å². The number of hydrogen-bond donors (Lipinski definition) is 1. The van der Waals surface area contributed by atoms with Crippen molar-refractivity contribution in [3.63, 3.8) is 0 Å². The molecular formula is C8H9N4O-. The largest absolute Gasteiger partial charge is 0.399 e. The molecule has 2 N–H and O–H groups in total. The number of Topliss-reactive ketones (excluding diaryl/α,β-unsaturated/α-hetero) is 1. The van der Waals surface area contributed by atoms with Gasteiger partial charge in [-0.3, -0.25) is 9.71 Å². The van der Waals surface area contributed by atoms with Gasteiger partial charge < -0.3 is 16.8 Å². The van der Waals surface area contributed by atoms with Gasteiger partial charge in [-0.25, -0.2) is 0 Å². The zero-order valence-electron chi connectivity index (χ0n) is 7.14. The van der Waals surface area contributed by atoms with Crippen LogP contribution in [0.5, 0.6) is 0 Å². The van der Waals surface area contributed by atoms with E-state index in [2.05, 4.69) is 0 Å². The molecule has 0 saturated carbocycles. The Morgan fingerprint density at radius 3 is 2.00 bits per heavy atom. The first kappa shape index (κ1) is 11.0. The van der Waals surface area contributed by atoms with Gasteiger partial charge in [0, 0.05) is 11.3 Å². The van der Waals surface area contributed by atoms with Crippen molar-refractivity contribution in [3.05, 3.63) is 45.8 Å². The number of anilines is 1. The first-order valence-electron chi connectivity index (χ1n) is 3.46. The van der Waals surface area contributed by atoms with Crippen LogP contribution in [0.15, 0.2) is 24.3 Å². The van der Waals surface area contributed by atoms with E-state index in [-0.39, 0.29) is 5.78 Å². The Morgan fingerprint density at radius 2 is 1.69 bits per heavy atom. The summed E-state index contributed by atoms with van der Waals surface area (Å²) in [6.07, 6.45) is 0. The van der Waals surface area contributed by atoms with Gasteiger partial charge in [-0.2, -0.15) is 0 Å². The van der Waals surface area contributed by atoms with Gasteiger partial charge in [0.1, 0.15) is 0 Å². The van der Waals surface area contributed by atoms with E-state index in [0.29, 0.717) is 11.3 Å². The molecule has 0 unspecified atom stereocenters.